The minimum absolute atomic E-state index is 0.261. The minimum Gasteiger partial charge on any atom is -0.481 e. The van der Waals surface area contributed by atoms with E-state index in [2.05, 4.69) is 0 Å². The first-order valence-electron chi connectivity index (χ1n) is 3.05. The molecule has 0 aliphatic carbocycles. The molecule has 0 aliphatic rings. The Morgan fingerprint density at radius 3 is 1.80 bits per heavy atom. The van der Waals surface area contributed by atoms with E-state index in [-0.39, 0.29) is 6.42 Å². The standard InChI is InChI=1S/C5H10O4Si/c6-4(7)3(1-2-10)5(8)9/h3H,1-2H2,10H3,(H,6,7)(H,8,9). The lowest BCUT2D eigenvalue weighted by molar-refractivity contribution is -0.154. The van der Waals surface area contributed by atoms with Gasteiger partial charge in [0.2, 0.25) is 0 Å². The van der Waals surface area contributed by atoms with Gasteiger partial charge in [-0.25, -0.2) is 0 Å². The molecule has 5 heteroatoms. The minimum atomic E-state index is -1.23. The van der Waals surface area contributed by atoms with Crippen LogP contribution in [0.3, 0.4) is 0 Å². The van der Waals surface area contributed by atoms with Crippen LogP contribution >= 0.6 is 0 Å². The van der Waals surface area contributed by atoms with Crippen molar-refractivity contribution in [3.05, 3.63) is 0 Å². The van der Waals surface area contributed by atoms with E-state index in [4.69, 9.17) is 10.2 Å². The Morgan fingerprint density at radius 2 is 1.70 bits per heavy atom. The molecule has 0 spiro atoms. The molecule has 0 heterocycles. The Kier molecular flexibility index (Phi) is 3.71. The first-order chi connectivity index (χ1) is 4.59. The molecule has 10 heavy (non-hydrogen) atoms. The molecule has 4 nitrogen and oxygen atoms in total. The van der Waals surface area contributed by atoms with Crippen LogP contribution in [-0.2, 0) is 9.59 Å². The highest BCUT2D eigenvalue weighted by atomic mass is 28.1. The summed E-state index contributed by atoms with van der Waals surface area (Å²) in [5.74, 6) is -3.66. The van der Waals surface area contributed by atoms with Crippen molar-refractivity contribution in [2.45, 2.75) is 12.5 Å². The van der Waals surface area contributed by atoms with Crippen LogP contribution < -0.4 is 0 Å². The molecule has 0 aromatic rings. The van der Waals surface area contributed by atoms with Gasteiger partial charge in [-0.1, -0.05) is 6.04 Å². The first-order valence-corrected chi connectivity index (χ1v) is 4.46. The Labute approximate surface area is 61.3 Å². The second kappa shape index (κ2) is 4.05. The van der Waals surface area contributed by atoms with Gasteiger partial charge in [-0.15, -0.1) is 0 Å². The molecule has 0 unspecified atom stereocenters. The van der Waals surface area contributed by atoms with E-state index in [0.717, 1.165) is 10.2 Å². The van der Waals surface area contributed by atoms with Gasteiger partial charge in [-0.2, -0.15) is 0 Å². The summed E-state index contributed by atoms with van der Waals surface area (Å²) in [4.78, 5) is 20.3. The molecule has 0 aliphatic heterocycles. The van der Waals surface area contributed by atoms with Crippen LogP contribution in [0.2, 0.25) is 6.04 Å². The average molecular weight is 162 g/mol. The van der Waals surface area contributed by atoms with Crippen molar-refractivity contribution in [2.75, 3.05) is 0 Å². The van der Waals surface area contributed by atoms with Crippen molar-refractivity contribution >= 4 is 22.2 Å². The van der Waals surface area contributed by atoms with Crippen LogP contribution in [0.25, 0.3) is 0 Å². The van der Waals surface area contributed by atoms with Crippen molar-refractivity contribution in [1.29, 1.82) is 0 Å². The lowest BCUT2D eigenvalue weighted by Crippen LogP contribution is -2.22. The van der Waals surface area contributed by atoms with Crippen molar-refractivity contribution in [2.24, 2.45) is 5.92 Å². The fraction of sp³-hybridized carbons (Fsp3) is 0.600. The monoisotopic (exact) mass is 162 g/mol. The molecule has 58 valence electrons. The van der Waals surface area contributed by atoms with Crippen LogP contribution in [0.4, 0.5) is 0 Å². The van der Waals surface area contributed by atoms with E-state index >= 15 is 0 Å². The maximum absolute atomic E-state index is 10.2. The van der Waals surface area contributed by atoms with E-state index < -0.39 is 17.9 Å². The van der Waals surface area contributed by atoms with E-state index in [9.17, 15) is 9.59 Å². The third-order valence-corrected chi connectivity index (χ3v) is 1.75. The van der Waals surface area contributed by atoms with Gasteiger partial charge in [-0.05, 0) is 6.42 Å². The van der Waals surface area contributed by atoms with Gasteiger partial charge >= 0.3 is 11.9 Å². The van der Waals surface area contributed by atoms with Crippen molar-refractivity contribution in [3.63, 3.8) is 0 Å². The average Bonchev–Trinajstić information content (AvgIpc) is 1.81. The number of carboxylic acid groups (broad SMARTS) is 2. The van der Waals surface area contributed by atoms with Crippen LogP contribution in [-0.4, -0.2) is 32.4 Å². The molecular formula is C5H10O4Si. The molecule has 0 amide bonds. The quantitative estimate of drug-likeness (QED) is 0.408. The SMILES string of the molecule is O=C(O)C(CC[SiH3])C(=O)O. The second-order valence-electron chi connectivity index (χ2n) is 2.02. The summed E-state index contributed by atoms with van der Waals surface area (Å²) in [6.45, 7) is 0. The zero-order chi connectivity index (χ0) is 8.15. The fourth-order valence-electron chi connectivity index (χ4n) is 0.641. The summed E-state index contributed by atoms with van der Waals surface area (Å²) >= 11 is 0. The number of carbonyl (C=O) groups is 2. The van der Waals surface area contributed by atoms with Gasteiger partial charge in [0.1, 0.15) is 0 Å². The Hall–Kier alpha value is -0.843. The molecule has 0 aromatic carbocycles. The van der Waals surface area contributed by atoms with Crippen molar-refractivity contribution in [3.8, 4) is 0 Å². The van der Waals surface area contributed by atoms with Crippen molar-refractivity contribution < 1.29 is 19.8 Å². The zero-order valence-corrected chi connectivity index (χ0v) is 7.70. The Balaban J connectivity index is 3.98. The number of aliphatic carboxylic acids is 2. The molecule has 0 fully saturated rings. The first kappa shape index (κ1) is 9.16. The van der Waals surface area contributed by atoms with Crippen LogP contribution in [0, 0.1) is 5.92 Å². The van der Waals surface area contributed by atoms with E-state index in [1.54, 1.807) is 0 Å². The molecule has 0 saturated heterocycles. The molecular weight excluding hydrogens is 152 g/mol. The lowest BCUT2D eigenvalue weighted by Gasteiger charge is -2.02. The normalized spacial score (nSPS) is 10.1. The van der Waals surface area contributed by atoms with E-state index in [1.165, 1.54) is 0 Å². The summed E-state index contributed by atoms with van der Waals surface area (Å²) in [6, 6.07) is 0.712. The summed E-state index contributed by atoms with van der Waals surface area (Å²) in [6.07, 6.45) is 0.261. The zero-order valence-electron chi connectivity index (χ0n) is 5.70. The number of carboxylic acids is 2. The molecule has 0 bridgehead atoms. The van der Waals surface area contributed by atoms with Gasteiger partial charge in [0.25, 0.3) is 0 Å². The highest BCUT2D eigenvalue weighted by molar-refractivity contribution is 6.09. The smallest absolute Gasteiger partial charge is 0.317 e. The van der Waals surface area contributed by atoms with Crippen LogP contribution in [0.5, 0.6) is 0 Å². The summed E-state index contributed by atoms with van der Waals surface area (Å²) in [7, 11) is 0.852. The third kappa shape index (κ3) is 2.63. The van der Waals surface area contributed by atoms with Crippen LogP contribution in [0.15, 0.2) is 0 Å². The molecule has 2 N–H and O–H groups in total. The predicted molar refractivity (Wildman–Crippen MR) is 38.1 cm³/mol. The van der Waals surface area contributed by atoms with E-state index in [1.807, 2.05) is 0 Å². The Morgan fingerprint density at radius 1 is 1.30 bits per heavy atom. The predicted octanol–water partition coefficient (Wildman–Crippen LogP) is -1.05. The number of rotatable bonds is 4. The maximum atomic E-state index is 10.2. The second-order valence-corrected chi connectivity index (χ2v) is 3.02. The summed E-state index contributed by atoms with van der Waals surface area (Å²) in [5.41, 5.74) is 0. The maximum Gasteiger partial charge on any atom is 0.317 e. The lowest BCUT2D eigenvalue weighted by atomic mass is 10.1. The van der Waals surface area contributed by atoms with Crippen LogP contribution in [0.1, 0.15) is 6.42 Å². The summed E-state index contributed by atoms with van der Waals surface area (Å²) in [5, 5.41) is 16.6. The Bertz CT molecular complexity index is 131. The highest BCUT2D eigenvalue weighted by Gasteiger charge is 2.23. The van der Waals surface area contributed by atoms with Gasteiger partial charge in [0.05, 0.1) is 0 Å². The van der Waals surface area contributed by atoms with Crippen molar-refractivity contribution in [1.82, 2.24) is 0 Å². The highest BCUT2D eigenvalue weighted by Crippen LogP contribution is 2.05. The third-order valence-electron chi connectivity index (χ3n) is 1.17. The molecule has 0 rings (SSSR count). The topological polar surface area (TPSA) is 74.6 Å². The number of hydrogen-bond acceptors (Lipinski definition) is 2. The fourth-order valence-corrected chi connectivity index (χ4v) is 1.22. The van der Waals surface area contributed by atoms with Gasteiger partial charge < -0.3 is 10.2 Å². The summed E-state index contributed by atoms with van der Waals surface area (Å²) < 4.78 is 0. The molecule has 0 aromatic heterocycles. The molecule has 0 radical (unpaired) electrons. The molecule has 0 saturated carbocycles. The largest absolute Gasteiger partial charge is 0.481 e. The van der Waals surface area contributed by atoms with Gasteiger partial charge in [0, 0.05) is 10.2 Å². The van der Waals surface area contributed by atoms with Gasteiger partial charge in [0.15, 0.2) is 5.92 Å². The van der Waals surface area contributed by atoms with E-state index in [0.29, 0.717) is 6.04 Å². The molecule has 0 atom stereocenters. The van der Waals surface area contributed by atoms with Gasteiger partial charge in [-0.3, -0.25) is 9.59 Å². The number of hydrogen-bond donors (Lipinski definition) is 2.